The van der Waals surface area contributed by atoms with E-state index in [2.05, 4.69) is 10.1 Å². The quantitative estimate of drug-likeness (QED) is 0.878. The van der Waals surface area contributed by atoms with Gasteiger partial charge in [0.25, 0.3) is 5.89 Å². The molecule has 0 bridgehead atoms. The van der Waals surface area contributed by atoms with Crippen LogP contribution in [0.15, 0.2) is 16.7 Å². The summed E-state index contributed by atoms with van der Waals surface area (Å²) in [7, 11) is 1.57. The fraction of sp³-hybridized carbons (Fsp3) is 0.333. The van der Waals surface area contributed by atoms with Crippen molar-refractivity contribution in [3.63, 3.8) is 0 Å². The summed E-state index contributed by atoms with van der Waals surface area (Å²) in [5.74, 6) is 0.669. The Bertz CT molecular complexity index is 611. The Hall–Kier alpha value is -1.30. The summed E-state index contributed by atoms with van der Waals surface area (Å²) in [4.78, 5) is 4.27. The Labute approximate surface area is 120 Å². The van der Waals surface area contributed by atoms with E-state index in [-0.39, 0.29) is 5.89 Å². The first-order valence-electron chi connectivity index (χ1n) is 5.49. The van der Waals surface area contributed by atoms with E-state index in [0.717, 1.165) is 0 Å². The van der Waals surface area contributed by atoms with E-state index in [1.165, 1.54) is 0 Å². The minimum atomic E-state index is -0.654. The lowest BCUT2D eigenvalue weighted by atomic mass is 10.1. The van der Waals surface area contributed by atoms with Crippen molar-refractivity contribution in [2.45, 2.75) is 19.4 Å². The van der Waals surface area contributed by atoms with E-state index in [1.807, 2.05) is 13.8 Å². The standard InChI is InChI=1S/C12H13Cl2N3O2/c1-12(2,18-3)11-16-10(19-17-11)7-4-6(13)5-8(14)9(7)15/h4-5H,15H2,1-3H3. The van der Waals surface area contributed by atoms with Crippen LogP contribution < -0.4 is 5.73 Å². The minimum Gasteiger partial charge on any atom is -0.397 e. The Morgan fingerprint density at radius 1 is 1.32 bits per heavy atom. The van der Waals surface area contributed by atoms with Gasteiger partial charge in [0.1, 0.15) is 5.60 Å². The van der Waals surface area contributed by atoms with Crippen LogP contribution in [0.3, 0.4) is 0 Å². The molecule has 0 saturated heterocycles. The van der Waals surface area contributed by atoms with E-state index in [0.29, 0.717) is 27.1 Å². The lowest BCUT2D eigenvalue weighted by Crippen LogP contribution is -2.21. The van der Waals surface area contributed by atoms with Gasteiger partial charge in [0, 0.05) is 12.1 Å². The van der Waals surface area contributed by atoms with Gasteiger partial charge in [-0.25, -0.2) is 0 Å². The van der Waals surface area contributed by atoms with Crippen molar-refractivity contribution in [1.29, 1.82) is 0 Å². The highest BCUT2D eigenvalue weighted by Crippen LogP contribution is 2.34. The van der Waals surface area contributed by atoms with Crippen LogP contribution in [0.2, 0.25) is 10.0 Å². The molecule has 0 aliphatic carbocycles. The van der Waals surface area contributed by atoms with Crippen LogP contribution in [0, 0.1) is 0 Å². The molecule has 19 heavy (non-hydrogen) atoms. The van der Waals surface area contributed by atoms with Gasteiger partial charge < -0.3 is 15.0 Å². The van der Waals surface area contributed by atoms with E-state index < -0.39 is 5.60 Å². The zero-order valence-corrected chi connectivity index (χ0v) is 12.2. The number of rotatable bonds is 3. The van der Waals surface area contributed by atoms with Gasteiger partial charge in [0.05, 0.1) is 16.3 Å². The molecular formula is C12H13Cl2N3O2. The van der Waals surface area contributed by atoms with Gasteiger partial charge >= 0.3 is 0 Å². The third kappa shape index (κ3) is 2.68. The molecule has 0 spiro atoms. The Morgan fingerprint density at radius 2 is 2.00 bits per heavy atom. The summed E-state index contributed by atoms with van der Waals surface area (Å²) in [6.07, 6.45) is 0. The largest absolute Gasteiger partial charge is 0.397 e. The summed E-state index contributed by atoms with van der Waals surface area (Å²) in [5.41, 5.74) is 6.08. The smallest absolute Gasteiger partial charge is 0.260 e. The van der Waals surface area contributed by atoms with Crippen molar-refractivity contribution in [2.24, 2.45) is 0 Å². The van der Waals surface area contributed by atoms with E-state index in [4.69, 9.17) is 38.2 Å². The normalized spacial score (nSPS) is 11.8. The second-order valence-corrected chi connectivity index (χ2v) is 5.33. The molecule has 1 heterocycles. The predicted molar refractivity (Wildman–Crippen MR) is 74.2 cm³/mol. The maximum atomic E-state index is 5.97. The van der Waals surface area contributed by atoms with Crippen molar-refractivity contribution < 1.29 is 9.26 Å². The number of anilines is 1. The number of ether oxygens (including phenoxy) is 1. The fourth-order valence-electron chi connectivity index (χ4n) is 1.43. The molecule has 5 nitrogen and oxygen atoms in total. The molecule has 2 aromatic rings. The number of methoxy groups -OCH3 is 1. The lowest BCUT2D eigenvalue weighted by Gasteiger charge is -2.17. The predicted octanol–water partition coefficient (Wildman–Crippen LogP) is 3.51. The molecule has 2 rings (SSSR count). The maximum Gasteiger partial charge on any atom is 0.260 e. The summed E-state index contributed by atoms with van der Waals surface area (Å²) >= 11 is 11.9. The molecule has 0 fully saturated rings. The molecular weight excluding hydrogens is 289 g/mol. The van der Waals surface area contributed by atoms with E-state index in [9.17, 15) is 0 Å². The van der Waals surface area contributed by atoms with Crippen molar-refractivity contribution in [3.05, 3.63) is 28.0 Å². The van der Waals surface area contributed by atoms with Crippen LogP contribution >= 0.6 is 23.2 Å². The van der Waals surface area contributed by atoms with Crippen molar-refractivity contribution in [3.8, 4) is 11.5 Å². The molecule has 7 heteroatoms. The van der Waals surface area contributed by atoms with E-state index >= 15 is 0 Å². The fourth-order valence-corrected chi connectivity index (χ4v) is 1.92. The Balaban J connectivity index is 2.50. The van der Waals surface area contributed by atoms with Gasteiger partial charge in [0.2, 0.25) is 5.82 Å². The van der Waals surface area contributed by atoms with Crippen LogP contribution in [0.5, 0.6) is 0 Å². The molecule has 0 unspecified atom stereocenters. The second kappa shape index (κ2) is 5.00. The van der Waals surface area contributed by atoms with Crippen LogP contribution in [0.1, 0.15) is 19.7 Å². The summed E-state index contributed by atoms with van der Waals surface area (Å²) < 4.78 is 10.5. The van der Waals surface area contributed by atoms with Crippen molar-refractivity contribution in [2.75, 3.05) is 12.8 Å². The first-order chi connectivity index (χ1) is 8.85. The molecule has 0 atom stereocenters. The average Bonchev–Trinajstić information content (AvgIpc) is 2.83. The van der Waals surface area contributed by atoms with Crippen LogP contribution in [-0.2, 0) is 10.3 Å². The summed E-state index contributed by atoms with van der Waals surface area (Å²) in [5, 5.41) is 4.67. The van der Waals surface area contributed by atoms with Crippen molar-refractivity contribution in [1.82, 2.24) is 10.1 Å². The van der Waals surface area contributed by atoms with Crippen LogP contribution in [-0.4, -0.2) is 17.3 Å². The maximum absolute atomic E-state index is 5.97. The van der Waals surface area contributed by atoms with Crippen LogP contribution in [0.4, 0.5) is 5.69 Å². The highest BCUT2D eigenvalue weighted by molar-refractivity contribution is 6.37. The van der Waals surface area contributed by atoms with Gasteiger partial charge in [-0.05, 0) is 26.0 Å². The van der Waals surface area contributed by atoms with Gasteiger partial charge in [-0.1, -0.05) is 28.4 Å². The first-order valence-corrected chi connectivity index (χ1v) is 6.25. The zero-order valence-electron chi connectivity index (χ0n) is 10.7. The summed E-state index contributed by atoms with van der Waals surface area (Å²) in [6, 6.07) is 3.18. The topological polar surface area (TPSA) is 74.2 Å². The highest BCUT2D eigenvalue weighted by atomic mass is 35.5. The number of hydrogen-bond donors (Lipinski definition) is 1. The monoisotopic (exact) mass is 301 g/mol. The molecule has 2 N–H and O–H groups in total. The number of nitrogen functional groups attached to an aromatic ring is 1. The van der Waals surface area contributed by atoms with Gasteiger partial charge in [-0.15, -0.1) is 0 Å². The average molecular weight is 302 g/mol. The number of nitrogens with two attached hydrogens (primary N) is 1. The number of benzene rings is 1. The third-order valence-electron chi connectivity index (χ3n) is 2.80. The number of halogens is 2. The molecule has 0 saturated carbocycles. The lowest BCUT2D eigenvalue weighted by molar-refractivity contribution is 0.00973. The number of aromatic nitrogens is 2. The summed E-state index contributed by atoms with van der Waals surface area (Å²) in [6.45, 7) is 3.66. The molecule has 102 valence electrons. The molecule has 0 radical (unpaired) electrons. The molecule has 0 amide bonds. The van der Waals surface area contributed by atoms with Crippen LogP contribution in [0.25, 0.3) is 11.5 Å². The number of nitrogens with zero attached hydrogens (tertiary/aromatic N) is 2. The Kier molecular flexibility index (Phi) is 3.71. The molecule has 0 aliphatic heterocycles. The van der Waals surface area contributed by atoms with Gasteiger partial charge in [-0.2, -0.15) is 4.98 Å². The minimum absolute atomic E-state index is 0.252. The molecule has 0 aliphatic rings. The highest BCUT2D eigenvalue weighted by Gasteiger charge is 2.27. The van der Waals surface area contributed by atoms with Gasteiger partial charge in [0.15, 0.2) is 0 Å². The first kappa shape index (κ1) is 14.1. The second-order valence-electron chi connectivity index (χ2n) is 4.49. The molecule has 1 aromatic heterocycles. The Morgan fingerprint density at radius 3 is 2.63 bits per heavy atom. The van der Waals surface area contributed by atoms with E-state index in [1.54, 1.807) is 19.2 Å². The number of hydrogen-bond acceptors (Lipinski definition) is 5. The third-order valence-corrected chi connectivity index (χ3v) is 3.33. The van der Waals surface area contributed by atoms with Gasteiger partial charge in [-0.3, -0.25) is 0 Å². The molecule has 1 aromatic carbocycles. The zero-order chi connectivity index (χ0) is 14.2. The SMILES string of the molecule is COC(C)(C)c1noc(-c2cc(Cl)cc(Cl)c2N)n1. The van der Waals surface area contributed by atoms with Crippen molar-refractivity contribution >= 4 is 28.9 Å².